The monoisotopic (exact) mass is 560 g/mol. The first-order valence-electron chi connectivity index (χ1n) is 14.6. The molecule has 1 rings (SSSR count). The van der Waals surface area contributed by atoms with Crippen LogP contribution in [0, 0.1) is 17.8 Å². The summed E-state index contributed by atoms with van der Waals surface area (Å²) in [5, 5.41) is 4.00. The third-order valence-corrected chi connectivity index (χ3v) is 5.82. The van der Waals surface area contributed by atoms with Gasteiger partial charge in [0, 0.05) is 43.2 Å². The van der Waals surface area contributed by atoms with Gasteiger partial charge in [-0.15, -0.1) is 6.58 Å². The Kier molecular flexibility index (Phi) is 21.0. The predicted octanol–water partition coefficient (Wildman–Crippen LogP) is 10.8. The van der Waals surface area contributed by atoms with Crippen molar-refractivity contribution in [1.29, 1.82) is 0 Å². The van der Waals surface area contributed by atoms with Gasteiger partial charge in [-0.1, -0.05) is 111 Å². The first-order valence-corrected chi connectivity index (χ1v) is 15.0. The Labute approximate surface area is 248 Å². The molecule has 0 aromatic carbocycles. The van der Waals surface area contributed by atoms with Gasteiger partial charge in [0.25, 0.3) is 0 Å². The molecule has 39 heavy (non-hydrogen) atoms. The second kappa shape index (κ2) is 20.9. The van der Waals surface area contributed by atoms with Crippen LogP contribution in [0.1, 0.15) is 132 Å². The number of amidine groups is 1. The maximum atomic E-state index is 6.14. The molecule has 0 atom stereocenters. The third kappa shape index (κ3) is 24.8. The average molecular weight is 561 g/mol. The molecule has 224 valence electrons. The number of aromatic nitrogens is 1. The lowest BCUT2D eigenvalue weighted by Gasteiger charge is -2.20. The van der Waals surface area contributed by atoms with Crippen LogP contribution in [0.4, 0.5) is 0 Å². The molecule has 0 radical (unpaired) electrons. The molecule has 4 nitrogen and oxygen atoms in total. The molecule has 0 aliphatic rings. The predicted molar refractivity (Wildman–Crippen MR) is 179 cm³/mol. The number of hydrogen-bond donors (Lipinski definition) is 1. The van der Waals surface area contributed by atoms with Gasteiger partial charge in [-0.3, -0.25) is 9.98 Å². The van der Waals surface area contributed by atoms with E-state index in [2.05, 4.69) is 95.8 Å². The van der Waals surface area contributed by atoms with Gasteiger partial charge in [-0.2, -0.15) is 0 Å². The molecule has 0 spiro atoms. The van der Waals surface area contributed by atoms with Crippen LogP contribution in [0.3, 0.4) is 0 Å². The van der Waals surface area contributed by atoms with Crippen LogP contribution in [-0.2, 0) is 0 Å². The molecule has 0 aliphatic heterocycles. The van der Waals surface area contributed by atoms with E-state index in [9.17, 15) is 0 Å². The number of aryl methyl sites for hydroxylation is 1. The largest absolute Gasteiger partial charge is 0.388 e. The van der Waals surface area contributed by atoms with Crippen molar-refractivity contribution in [3.63, 3.8) is 0 Å². The highest BCUT2D eigenvalue weighted by atomic mass is 35.5. The summed E-state index contributed by atoms with van der Waals surface area (Å²) in [4.78, 5) is 13.1. The Morgan fingerprint density at radius 1 is 0.949 bits per heavy atom. The normalized spacial score (nSPS) is 12.1. The van der Waals surface area contributed by atoms with Crippen molar-refractivity contribution < 1.29 is 0 Å². The Balaban J connectivity index is 0. The standard InChI is InChI=1S/C19H29ClN4.C8H16.C7H16/c1-13(8-9-22-14(2)11-19(4,5)6)24-18(21-7)16-10-17(20)15(3)23-12-16;1-7(2)6-8(3,4)5;1-3-5-7-6-4-2/h10,12,22H,2,8-9,11H2,1,3-7H3;1,6H2,2-5H3;3-7H2,1-2H3. The Morgan fingerprint density at radius 2 is 1.49 bits per heavy atom. The minimum absolute atomic E-state index is 0.243. The van der Waals surface area contributed by atoms with Gasteiger partial charge >= 0.3 is 0 Å². The summed E-state index contributed by atoms with van der Waals surface area (Å²) in [5.74, 6) is 0.649. The molecule has 0 amide bonds. The molecule has 1 aromatic heterocycles. The number of nitrogens with zero attached hydrogens (tertiary/aromatic N) is 3. The average Bonchev–Trinajstić information content (AvgIpc) is 2.78. The number of unbranched alkanes of at least 4 members (excludes halogenated alkanes) is 4. The lowest BCUT2D eigenvalue weighted by molar-refractivity contribution is 0.399. The fourth-order valence-electron chi connectivity index (χ4n) is 3.81. The van der Waals surface area contributed by atoms with Gasteiger partial charge < -0.3 is 5.32 Å². The van der Waals surface area contributed by atoms with E-state index in [1.807, 2.05) is 19.9 Å². The molecular formula is C34H61ClN4. The van der Waals surface area contributed by atoms with Crippen LogP contribution >= 0.6 is 11.6 Å². The first kappa shape index (κ1) is 39.2. The Morgan fingerprint density at radius 3 is 1.87 bits per heavy atom. The topological polar surface area (TPSA) is 49.6 Å². The van der Waals surface area contributed by atoms with Gasteiger partial charge in [0.15, 0.2) is 5.84 Å². The quantitative estimate of drug-likeness (QED) is 0.126. The second-order valence-corrected chi connectivity index (χ2v) is 13.4. The van der Waals surface area contributed by atoms with E-state index in [0.717, 1.165) is 48.5 Å². The van der Waals surface area contributed by atoms with E-state index in [4.69, 9.17) is 11.6 Å². The van der Waals surface area contributed by atoms with Crippen molar-refractivity contribution in [1.82, 2.24) is 10.3 Å². The van der Waals surface area contributed by atoms with Gasteiger partial charge in [-0.25, -0.2) is 4.99 Å². The number of pyridine rings is 1. The highest BCUT2D eigenvalue weighted by Crippen LogP contribution is 2.22. The zero-order chi connectivity index (χ0) is 30.6. The van der Waals surface area contributed by atoms with Gasteiger partial charge in [0.2, 0.25) is 0 Å². The van der Waals surface area contributed by atoms with E-state index in [0.29, 0.717) is 16.3 Å². The second-order valence-electron chi connectivity index (χ2n) is 13.0. The molecule has 0 fully saturated rings. The number of halogens is 1. The van der Waals surface area contributed by atoms with Crippen LogP contribution in [-0.4, -0.2) is 30.1 Å². The SMILES string of the molecule is C=C(C)CC(C)(C)C.C=C(CC(C)(C)C)NCCC(C)=NC(=NC)c1cnc(C)c(Cl)c1.CCCCCCC. The maximum absolute atomic E-state index is 6.14. The summed E-state index contributed by atoms with van der Waals surface area (Å²) >= 11 is 6.14. The molecule has 1 aromatic rings. The summed E-state index contributed by atoms with van der Waals surface area (Å²) in [5.41, 5.74) is 5.64. The van der Waals surface area contributed by atoms with Crippen LogP contribution in [0.25, 0.3) is 0 Å². The van der Waals surface area contributed by atoms with Crippen LogP contribution in [0.5, 0.6) is 0 Å². The van der Waals surface area contributed by atoms with Crippen molar-refractivity contribution in [2.75, 3.05) is 13.6 Å². The van der Waals surface area contributed by atoms with E-state index >= 15 is 0 Å². The van der Waals surface area contributed by atoms with Crippen LogP contribution in [0.2, 0.25) is 5.02 Å². The van der Waals surface area contributed by atoms with Gasteiger partial charge in [0.05, 0.1) is 10.7 Å². The van der Waals surface area contributed by atoms with Gasteiger partial charge in [0.1, 0.15) is 0 Å². The van der Waals surface area contributed by atoms with Crippen LogP contribution < -0.4 is 5.32 Å². The van der Waals surface area contributed by atoms with Crippen LogP contribution in [0.15, 0.2) is 46.7 Å². The maximum Gasteiger partial charge on any atom is 0.155 e. The first-order chi connectivity index (χ1) is 17.9. The summed E-state index contributed by atoms with van der Waals surface area (Å²) in [6.45, 7) is 32.5. The lowest BCUT2D eigenvalue weighted by atomic mass is 9.89. The Bertz CT molecular complexity index is 895. The molecular weight excluding hydrogens is 500 g/mol. The molecule has 5 heteroatoms. The summed E-state index contributed by atoms with van der Waals surface area (Å²) in [6.07, 6.45) is 11.7. The van der Waals surface area contributed by atoms with Gasteiger partial charge in [-0.05, 0) is 50.5 Å². The highest BCUT2D eigenvalue weighted by Gasteiger charge is 2.12. The zero-order valence-corrected chi connectivity index (χ0v) is 28.4. The Hall–Kier alpha value is -1.94. The lowest BCUT2D eigenvalue weighted by Crippen LogP contribution is -2.20. The summed E-state index contributed by atoms with van der Waals surface area (Å²) < 4.78 is 0. The van der Waals surface area contributed by atoms with Crippen molar-refractivity contribution in [3.05, 3.63) is 53.0 Å². The molecule has 1 heterocycles. The molecule has 0 bridgehead atoms. The molecule has 0 unspecified atom stereocenters. The number of allylic oxidation sites excluding steroid dienone is 2. The zero-order valence-electron chi connectivity index (χ0n) is 27.7. The molecule has 0 saturated heterocycles. The van der Waals surface area contributed by atoms with E-state index in [1.165, 1.54) is 37.7 Å². The minimum atomic E-state index is 0.243. The van der Waals surface area contributed by atoms with Crippen molar-refractivity contribution >= 4 is 23.1 Å². The summed E-state index contributed by atoms with van der Waals surface area (Å²) in [7, 11) is 1.73. The fourth-order valence-corrected chi connectivity index (χ4v) is 3.98. The van der Waals surface area contributed by atoms with Crippen molar-refractivity contribution in [3.8, 4) is 0 Å². The smallest absolute Gasteiger partial charge is 0.155 e. The van der Waals surface area contributed by atoms with E-state index in [1.54, 1.807) is 13.2 Å². The molecule has 0 saturated carbocycles. The fraction of sp³-hybridized carbons (Fsp3) is 0.676. The summed E-state index contributed by atoms with van der Waals surface area (Å²) in [6, 6.07) is 1.85. The molecule has 0 aliphatic carbocycles. The van der Waals surface area contributed by atoms with E-state index in [-0.39, 0.29) is 5.41 Å². The number of aliphatic imine (C=N–C) groups is 2. The van der Waals surface area contributed by atoms with E-state index < -0.39 is 0 Å². The number of rotatable bonds is 11. The minimum Gasteiger partial charge on any atom is -0.388 e. The van der Waals surface area contributed by atoms with Crippen molar-refractivity contribution in [2.24, 2.45) is 20.8 Å². The van der Waals surface area contributed by atoms with Crippen molar-refractivity contribution in [2.45, 2.75) is 128 Å². The third-order valence-electron chi connectivity index (χ3n) is 5.44. The molecule has 1 N–H and O–H groups in total. The number of hydrogen-bond acceptors (Lipinski definition) is 3. The highest BCUT2D eigenvalue weighted by molar-refractivity contribution is 6.31. The number of nitrogens with one attached hydrogen (secondary N) is 1.